The van der Waals surface area contributed by atoms with E-state index in [1.54, 1.807) is 21.8 Å². The van der Waals surface area contributed by atoms with E-state index in [4.69, 9.17) is 5.73 Å². The zero-order valence-electron chi connectivity index (χ0n) is 15.7. The monoisotopic (exact) mass is 402 g/mol. The van der Waals surface area contributed by atoms with E-state index in [0.29, 0.717) is 11.3 Å². The van der Waals surface area contributed by atoms with Gasteiger partial charge in [0.25, 0.3) is 0 Å². The Morgan fingerprint density at radius 2 is 1.70 bits per heavy atom. The van der Waals surface area contributed by atoms with Gasteiger partial charge in [-0.25, -0.2) is 13.5 Å². The molecule has 0 radical (unpaired) electrons. The first-order valence-corrected chi connectivity index (χ1v) is 9.03. The summed E-state index contributed by atoms with van der Waals surface area (Å²) in [7, 11) is 0. The molecule has 0 saturated carbocycles. The third kappa shape index (κ3) is 3.56. The van der Waals surface area contributed by atoms with Crippen LogP contribution in [0.5, 0.6) is 0 Å². The summed E-state index contributed by atoms with van der Waals surface area (Å²) in [6, 6.07) is 19.7. The third-order valence-electron chi connectivity index (χ3n) is 4.70. The average Bonchev–Trinajstić information content (AvgIpc) is 3.32. The number of halogens is 2. The molecule has 0 aliphatic heterocycles. The van der Waals surface area contributed by atoms with Gasteiger partial charge < -0.3 is 5.73 Å². The summed E-state index contributed by atoms with van der Waals surface area (Å²) in [5, 5.41) is 18.8. The maximum Gasteiger partial charge on any atom is 0.182 e. The molecule has 1 aromatic heterocycles. The van der Waals surface area contributed by atoms with E-state index < -0.39 is 11.6 Å². The Morgan fingerprint density at radius 1 is 0.967 bits per heavy atom. The van der Waals surface area contributed by atoms with Gasteiger partial charge in [-0.2, -0.15) is 5.26 Å². The molecule has 30 heavy (non-hydrogen) atoms. The number of hydrogen-bond donors (Lipinski definition) is 1. The van der Waals surface area contributed by atoms with Crippen LogP contribution in [0.4, 0.5) is 20.2 Å². The Bertz CT molecular complexity index is 1220. The van der Waals surface area contributed by atoms with Crippen molar-refractivity contribution in [1.82, 2.24) is 14.9 Å². The van der Waals surface area contributed by atoms with Gasteiger partial charge >= 0.3 is 0 Å². The minimum Gasteiger partial charge on any atom is -0.396 e. The molecular formula is C22H16F2N6. The number of nitriles is 1. The highest BCUT2D eigenvalue weighted by atomic mass is 19.2. The zero-order chi connectivity index (χ0) is 21.1. The SMILES string of the molecule is N#Cc1ccc(N(Cc2ccc(N)c(F)c2F)n2cnnc2)cc1-c1ccccc1. The first kappa shape index (κ1) is 19.1. The van der Waals surface area contributed by atoms with Gasteiger partial charge in [-0.05, 0) is 29.8 Å². The highest BCUT2D eigenvalue weighted by Gasteiger charge is 2.18. The van der Waals surface area contributed by atoms with Crippen LogP contribution in [0.15, 0.2) is 73.3 Å². The topological polar surface area (TPSA) is 83.8 Å². The van der Waals surface area contributed by atoms with E-state index in [1.807, 2.05) is 36.4 Å². The summed E-state index contributed by atoms with van der Waals surface area (Å²) >= 11 is 0. The van der Waals surface area contributed by atoms with E-state index in [0.717, 1.165) is 11.1 Å². The van der Waals surface area contributed by atoms with Gasteiger partial charge in [-0.3, -0.25) is 5.01 Å². The normalized spacial score (nSPS) is 10.6. The van der Waals surface area contributed by atoms with Gasteiger partial charge in [-0.1, -0.05) is 36.4 Å². The molecule has 0 aliphatic rings. The van der Waals surface area contributed by atoms with Crippen molar-refractivity contribution in [2.24, 2.45) is 0 Å². The molecule has 4 rings (SSSR count). The second kappa shape index (κ2) is 8.01. The molecule has 0 spiro atoms. The van der Waals surface area contributed by atoms with Crippen LogP contribution in [0.2, 0.25) is 0 Å². The summed E-state index contributed by atoms with van der Waals surface area (Å²) in [6.45, 7) is -0.0127. The molecule has 0 aliphatic carbocycles. The summed E-state index contributed by atoms with van der Waals surface area (Å²) < 4.78 is 30.0. The second-order valence-electron chi connectivity index (χ2n) is 6.55. The fourth-order valence-corrected chi connectivity index (χ4v) is 3.16. The van der Waals surface area contributed by atoms with Crippen LogP contribution in [0.1, 0.15) is 11.1 Å². The van der Waals surface area contributed by atoms with E-state index in [2.05, 4.69) is 16.3 Å². The van der Waals surface area contributed by atoms with Crippen LogP contribution in [0.25, 0.3) is 11.1 Å². The molecule has 1 heterocycles. The molecule has 3 aromatic carbocycles. The Kier molecular flexibility index (Phi) is 5.09. The molecule has 0 amide bonds. The van der Waals surface area contributed by atoms with Gasteiger partial charge in [0.1, 0.15) is 12.7 Å². The first-order valence-electron chi connectivity index (χ1n) is 9.03. The standard InChI is InChI=1S/C22H16F2N6/c23-21-17(7-9-20(26)22(21)24)12-30(29-13-27-28-14-29)18-8-6-16(11-25)19(10-18)15-4-2-1-3-5-15/h1-10,13-14H,12,26H2. The molecule has 4 aromatic rings. The Hall–Kier alpha value is -4.25. The van der Waals surface area contributed by atoms with Crippen molar-refractivity contribution in [3.05, 3.63) is 96.1 Å². The lowest BCUT2D eigenvalue weighted by atomic mass is 9.99. The van der Waals surface area contributed by atoms with Crippen molar-refractivity contribution in [3.8, 4) is 17.2 Å². The molecular weight excluding hydrogens is 386 g/mol. The smallest absolute Gasteiger partial charge is 0.182 e. The van der Waals surface area contributed by atoms with Crippen molar-refractivity contribution >= 4 is 11.4 Å². The lowest BCUT2D eigenvalue weighted by Gasteiger charge is -2.26. The van der Waals surface area contributed by atoms with Crippen molar-refractivity contribution < 1.29 is 8.78 Å². The second-order valence-corrected chi connectivity index (χ2v) is 6.55. The van der Waals surface area contributed by atoms with Crippen LogP contribution in [0.3, 0.4) is 0 Å². The number of nitrogens with zero attached hydrogens (tertiary/aromatic N) is 5. The van der Waals surface area contributed by atoms with Crippen LogP contribution < -0.4 is 10.7 Å². The molecule has 0 saturated heterocycles. The third-order valence-corrected chi connectivity index (χ3v) is 4.70. The molecule has 0 unspecified atom stereocenters. The van der Waals surface area contributed by atoms with E-state index in [9.17, 15) is 14.0 Å². The van der Waals surface area contributed by atoms with Crippen LogP contribution in [-0.2, 0) is 6.54 Å². The number of anilines is 2. The lowest BCUT2D eigenvalue weighted by molar-refractivity contribution is 0.498. The number of aromatic nitrogens is 3. The molecule has 0 bridgehead atoms. The van der Waals surface area contributed by atoms with Gasteiger partial charge in [-0.15, -0.1) is 10.2 Å². The number of nitrogens with two attached hydrogens (primary N) is 1. The summed E-state index contributed by atoms with van der Waals surface area (Å²) in [4.78, 5) is 0. The number of nitrogen functional groups attached to an aromatic ring is 1. The molecule has 6 nitrogen and oxygen atoms in total. The number of rotatable bonds is 5. The molecule has 2 N–H and O–H groups in total. The largest absolute Gasteiger partial charge is 0.396 e. The predicted octanol–water partition coefficient (Wildman–Crippen LogP) is 4.15. The maximum atomic E-state index is 14.5. The highest BCUT2D eigenvalue weighted by Crippen LogP contribution is 2.30. The average molecular weight is 402 g/mol. The van der Waals surface area contributed by atoms with E-state index in [-0.39, 0.29) is 17.8 Å². The Labute approximate surface area is 171 Å². The first-order chi connectivity index (χ1) is 14.6. The van der Waals surface area contributed by atoms with Crippen molar-refractivity contribution in [2.75, 3.05) is 10.7 Å². The molecule has 0 fully saturated rings. The Balaban J connectivity index is 1.82. The quantitative estimate of drug-likeness (QED) is 0.507. The molecule has 8 heteroatoms. The highest BCUT2D eigenvalue weighted by molar-refractivity contribution is 5.74. The van der Waals surface area contributed by atoms with Gasteiger partial charge in [0.2, 0.25) is 0 Å². The fraction of sp³-hybridized carbons (Fsp3) is 0.0455. The van der Waals surface area contributed by atoms with E-state index in [1.165, 1.54) is 24.8 Å². The van der Waals surface area contributed by atoms with Gasteiger partial charge in [0.05, 0.1) is 29.6 Å². The fourth-order valence-electron chi connectivity index (χ4n) is 3.16. The minimum absolute atomic E-state index is 0.0127. The predicted molar refractivity (Wildman–Crippen MR) is 109 cm³/mol. The summed E-state index contributed by atoms with van der Waals surface area (Å²) in [5.41, 5.74) is 8.04. The summed E-state index contributed by atoms with van der Waals surface area (Å²) in [6.07, 6.45) is 2.90. The molecule has 0 atom stereocenters. The van der Waals surface area contributed by atoms with Crippen LogP contribution >= 0.6 is 0 Å². The van der Waals surface area contributed by atoms with Gasteiger partial charge in [0.15, 0.2) is 11.6 Å². The lowest BCUT2D eigenvalue weighted by Crippen LogP contribution is -2.28. The number of benzene rings is 3. The van der Waals surface area contributed by atoms with Crippen molar-refractivity contribution in [3.63, 3.8) is 0 Å². The molecule has 148 valence electrons. The van der Waals surface area contributed by atoms with Gasteiger partial charge in [0, 0.05) is 11.1 Å². The maximum absolute atomic E-state index is 14.5. The van der Waals surface area contributed by atoms with Crippen LogP contribution in [-0.4, -0.2) is 14.9 Å². The Morgan fingerprint density at radius 3 is 2.40 bits per heavy atom. The zero-order valence-corrected chi connectivity index (χ0v) is 15.7. The van der Waals surface area contributed by atoms with Crippen molar-refractivity contribution in [1.29, 1.82) is 5.26 Å². The van der Waals surface area contributed by atoms with Crippen molar-refractivity contribution in [2.45, 2.75) is 6.54 Å². The minimum atomic E-state index is -1.08. The number of hydrogen-bond acceptors (Lipinski definition) is 5. The van der Waals surface area contributed by atoms with E-state index >= 15 is 0 Å². The summed E-state index contributed by atoms with van der Waals surface area (Å²) in [5.74, 6) is -2.09. The van der Waals surface area contributed by atoms with Crippen LogP contribution in [0, 0.1) is 23.0 Å².